The van der Waals surface area contributed by atoms with Gasteiger partial charge in [0.2, 0.25) is 5.88 Å². The van der Waals surface area contributed by atoms with E-state index in [-0.39, 0.29) is 0 Å². The summed E-state index contributed by atoms with van der Waals surface area (Å²) in [6, 6.07) is 3.97. The maximum absolute atomic E-state index is 5.98. The minimum Gasteiger partial charge on any atom is -0.476 e. The predicted octanol–water partition coefficient (Wildman–Crippen LogP) is 5.21. The molecule has 2 N–H and O–H groups in total. The lowest BCUT2D eigenvalue weighted by Crippen LogP contribution is -2.33. The number of nitrogens with two attached hydrogens (primary N) is 1. The lowest BCUT2D eigenvalue weighted by molar-refractivity contribution is 0.180. The van der Waals surface area contributed by atoms with Gasteiger partial charge in [-0.3, -0.25) is 4.90 Å². The molecule has 1 saturated heterocycles. The second-order valence-electron chi connectivity index (χ2n) is 6.33. The Morgan fingerprint density at radius 3 is 2.15 bits per heavy atom. The number of ether oxygens (including phenoxy) is 1. The first-order chi connectivity index (χ1) is 13.2. The van der Waals surface area contributed by atoms with Crippen molar-refractivity contribution in [2.75, 3.05) is 50.0 Å². The molecule has 1 aromatic heterocycles. The van der Waals surface area contributed by atoms with E-state index in [9.17, 15) is 0 Å². The molecule has 5 heteroatoms. The van der Waals surface area contributed by atoms with Crippen molar-refractivity contribution < 1.29 is 4.74 Å². The Bertz CT molecular complexity index is 456. The molecule has 1 aromatic rings. The van der Waals surface area contributed by atoms with Gasteiger partial charge in [-0.05, 0) is 38.8 Å². The number of anilines is 2. The van der Waals surface area contributed by atoms with Gasteiger partial charge in [0.1, 0.15) is 12.4 Å². The maximum atomic E-state index is 5.98. The van der Waals surface area contributed by atoms with Gasteiger partial charge >= 0.3 is 0 Å². The number of pyridine rings is 1. The molecule has 1 fully saturated rings. The maximum Gasteiger partial charge on any atom is 0.217 e. The highest BCUT2D eigenvalue weighted by Crippen LogP contribution is 2.23. The van der Waals surface area contributed by atoms with Crippen LogP contribution in [0.5, 0.6) is 5.88 Å². The molecule has 0 radical (unpaired) electrons. The van der Waals surface area contributed by atoms with E-state index in [2.05, 4.69) is 28.6 Å². The van der Waals surface area contributed by atoms with E-state index >= 15 is 0 Å². The molecule has 0 unspecified atom stereocenters. The van der Waals surface area contributed by atoms with Gasteiger partial charge in [-0.15, -0.1) is 0 Å². The van der Waals surface area contributed by atoms with Crippen molar-refractivity contribution in [2.24, 2.45) is 0 Å². The van der Waals surface area contributed by atoms with Crippen molar-refractivity contribution in [3.05, 3.63) is 12.1 Å². The highest BCUT2D eigenvalue weighted by Gasteiger charge is 2.11. The van der Waals surface area contributed by atoms with Gasteiger partial charge in [0.05, 0.1) is 0 Å². The molecule has 0 saturated carbocycles. The molecule has 1 aliphatic rings. The molecule has 27 heavy (non-hydrogen) atoms. The van der Waals surface area contributed by atoms with E-state index in [0.29, 0.717) is 18.3 Å². The van der Waals surface area contributed by atoms with Gasteiger partial charge in [0.15, 0.2) is 0 Å². The number of nitrogens with zero attached hydrogens (tertiary/aromatic N) is 3. The number of hydrogen-bond acceptors (Lipinski definition) is 5. The van der Waals surface area contributed by atoms with E-state index in [1.54, 1.807) is 0 Å². The highest BCUT2D eigenvalue weighted by atomic mass is 16.5. The lowest BCUT2D eigenvalue weighted by atomic mass is 10.1. The third-order valence-corrected chi connectivity index (χ3v) is 4.26. The zero-order valence-corrected chi connectivity index (χ0v) is 18.8. The predicted molar refractivity (Wildman–Crippen MR) is 120 cm³/mol. The summed E-state index contributed by atoms with van der Waals surface area (Å²) in [6.45, 7) is 18.5. The molecule has 0 atom stereocenters. The average Bonchev–Trinajstić information content (AvgIpc) is 2.71. The quantitative estimate of drug-likeness (QED) is 0.637. The van der Waals surface area contributed by atoms with E-state index in [1.165, 1.54) is 32.4 Å². The Kier molecular flexibility index (Phi) is 15.7. The number of nitrogen functional groups attached to an aromatic ring is 1. The van der Waals surface area contributed by atoms with Crippen LogP contribution in [-0.2, 0) is 0 Å². The first kappa shape index (κ1) is 25.5. The van der Waals surface area contributed by atoms with Crippen LogP contribution in [0.3, 0.4) is 0 Å². The molecule has 1 aliphatic heterocycles. The summed E-state index contributed by atoms with van der Waals surface area (Å²) in [5.74, 6) is 1.18. The summed E-state index contributed by atoms with van der Waals surface area (Å²) in [6.07, 6.45) is 6.22. The molecule has 2 heterocycles. The van der Waals surface area contributed by atoms with Gasteiger partial charge in [-0.25, -0.2) is 0 Å². The number of hydrogen-bond donors (Lipinski definition) is 1. The summed E-state index contributed by atoms with van der Waals surface area (Å²) < 4.78 is 5.88. The largest absolute Gasteiger partial charge is 0.476 e. The number of likely N-dealkylation sites (tertiary alicyclic amines) is 1. The summed E-state index contributed by atoms with van der Waals surface area (Å²) in [4.78, 5) is 9.16. The average molecular weight is 381 g/mol. The van der Waals surface area contributed by atoms with Crippen LogP contribution in [0.25, 0.3) is 0 Å². The van der Waals surface area contributed by atoms with Crippen LogP contribution in [0.15, 0.2) is 12.1 Å². The van der Waals surface area contributed by atoms with Gasteiger partial charge in [-0.2, -0.15) is 4.98 Å². The first-order valence-corrected chi connectivity index (χ1v) is 11.1. The Balaban J connectivity index is 0.00000158. The fourth-order valence-corrected chi connectivity index (χ4v) is 3.14. The standard InChI is InChI=1S/C18H32N4O.2C2H6/c1-3-8-22(9-4-2)16-14-17(19)20-18(15-16)23-13-12-21-10-6-5-7-11-21;2*1-2/h14-15H,3-13H2,1-2H3,(H2,19,20);2*1-2H3. The van der Waals surface area contributed by atoms with E-state index in [0.717, 1.165) is 38.2 Å². The number of rotatable bonds is 9. The molecular weight excluding hydrogens is 336 g/mol. The third kappa shape index (κ3) is 10.4. The van der Waals surface area contributed by atoms with E-state index in [4.69, 9.17) is 10.5 Å². The van der Waals surface area contributed by atoms with Crippen LogP contribution >= 0.6 is 0 Å². The summed E-state index contributed by atoms with van der Waals surface area (Å²) >= 11 is 0. The second-order valence-corrected chi connectivity index (χ2v) is 6.33. The van der Waals surface area contributed by atoms with Crippen LogP contribution in [0, 0.1) is 0 Å². The van der Waals surface area contributed by atoms with Crippen LogP contribution in [0.2, 0.25) is 0 Å². The van der Waals surface area contributed by atoms with Gasteiger partial charge in [0, 0.05) is 37.5 Å². The Morgan fingerprint density at radius 2 is 1.59 bits per heavy atom. The molecule has 2 rings (SSSR count). The van der Waals surface area contributed by atoms with Crippen molar-refractivity contribution in [1.82, 2.24) is 9.88 Å². The minimum atomic E-state index is 0.535. The minimum absolute atomic E-state index is 0.535. The molecule has 0 amide bonds. The molecule has 0 aromatic carbocycles. The monoisotopic (exact) mass is 380 g/mol. The molecule has 0 bridgehead atoms. The van der Waals surface area contributed by atoms with Crippen LogP contribution < -0.4 is 15.4 Å². The molecule has 5 nitrogen and oxygen atoms in total. The number of piperidine rings is 1. The molecule has 158 valence electrons. The number of aromatic nitrogens is 1. The smallest absolute Gasteiger partial charge is 0.217 e. The van der Waals surface area contributed by atoms with Crippen molar-refractivity contribution in [3.8, 4) is 5.88 Å². The SMILES string of the molecule is CC.CC.CCCN(CCC)c1cc(N)nc(OCCN2CCCCC2)c1. The second kappa shape index (κ2) is 16.7. The lowest BCUT2D eigenvalue weighted by Gasteiger charge is -2.26. The first-order valence-electron chi connectivity index (χ1n) is 11.1. The fraction of sp³-hybridized carbons (Fsp3) is 0.773. The van der Waals surface area contributed by atoms with Gasteiger partial charge in [0.25, 0.3) is 0 Å². The van der Waals surface area contributed by atoms with Gasteiger partial charge < -0.3 is 15.4 Å². The Morgan fingerprint density at radius 1 is 1.00 bits per heavy atom. The Hall–Kier alpha value is -1.49. The van der Waals surface area contributed by atoms with Crippen molar-refractivity contribution in [2.45, 2.75) is 73.6 Å². The van der Waals surface area contributed by atoms with Crippen molar-refractivity contribution in [3.63, 3.8) is 0 Å². The fourth-order valence-electron chi connectivity index (χ4n) is 3.14. The van der Waals surface area contributed by atoms with E-state index in [1.807, 2.05) is 39.8 Å². The van der Waals surface area contributed by atoms with Crippen molar-refractivity contribution in [1.29, 1.82) is 0 Å². The van der Waals surface area contributed by atoms with Crippen LogP contribution in [0.4, 0.5) is 11.5 Å². The van der Waals surface area contributed by atoms with E-state index < -0.39 is 0 Å². The highest BCUT2D eigenvalue weighted by molar-refractivity contribution is 5.55. The van der Waals surface area contributed by atoms with Crippen LogP contribution in [0.1, 0.15) is 73.6 Å². The van der Waals surface area contributed by atoms with Crippen LogP contribution in [-0.4, -0.2) is 49.2 Å². The third-order valence-electron chi connectivity index (χ3n) is 4.26. The molecular formula is C22H44N4O. The topological polar surface area (TPSA) is 54.6 Å². The van der Waals surface area contributed by atoms with Gasteiger partial charge in [-0.1, -0.05) is 48.0 Å². The normalized spacial score (nSPS) is 13.7. The summed E-state index contributed by atoms with van der Waals surface area (Å²) in [7, 11) is 0. The summed E-state index contributed by atoms with van der Waals surface area (Å²) in [5, 5.41) is 0. The summed E-state index contributed by atoms with van der Waals surface area (Å²) in [5.41, 5.74) is 7.10. The van der Waals surface area contributed by atoms with Crippen molar-refractivity contribution >= 4 is 11.5 Å². The zero-order valence-electron chi connectivity index (χ0n) is 18.8. The Labute approximate surface area is 168 Å². The molecule has 0 aliphatic carbocycles. The zero-order chi connectivity index (χ0) is 20.5. The molecule has 0 spiro atoms.